The zero-order valence-electron chi connectivity index (χ0n) is 14.9. The quantitative estimate of drug-likeness (QED) is 0.853. The summed E-state index contributed by atoms with van der Waals surface area (Å²) in [4.78, 5) is 21.1. The van der Waals surface area contributed by atoms with Crippen LogP contribution in [0.25, 0.3) is 11.7 Å². The molecule has 6 heteroatoms. The number of likely N-dealkylation sites (tertiary alicyclic amines) is 2. The summed E-state index contributed by atoms with van der Waals surface area (Å²) in [6.45, 7) is 6.36. The van der Waals surface area contributed by atoms with Gasteiger partial charge in [0.1, 0.15) is 5.76 Å². The van der Waals surface area contributed by atoms with E-state index in [0.717, 1.165) is 50.4 Å². The second-order valence-electron chi connectivity index (χ2n) is 7.10. The molecule has 4 heterocycles. The van der Waals surface area contributed by atoms with Crippen LogP contribution in [0.3, 0.4) is 0 Å². The summed E-state index contributed by atoms with van der Waals surface area (Å²) in [7, 11) is 0. The average molecular weight is 343 g/mol. The monoisotopic (exact) mass is 343 g/mol. The van der Waals surface area contributed by atoms with Crippen molar-refractivity contribution in [2.45, 2.75) is 58.2 Å². The Labute approximate surface area is 147 Å². The molecule has 4 rings (SSSR count). The fourth-order valence-corrected chi connectivity index (χ4v) is 4.34. The first-order chi connectivity index (χ1) is 12.1. The third kappa shape index (κ3) is 3.11. The molecular formula is C19H25N3O3. The van der Waals surface area contributed by atoms with Crippen molar-refractivity contribution in [3.63, 3.8) is 0 Å². The minimum atomic E-state index is 0.201. The van der Waals surface area contributed by atoms with Crippen LogP contribution in [-0.4, -0.2) is 45.9 Å². The van der Waals surface area contributed by atoms with Crippen LogP contribution in [0.1, 0.15) is 44.1 Å². The van der Waals surface area contributed by atoms with Gasteiger partial charge in [0.05, 0.1) is 12.0 Å². The van der Waals surface area contributed by atoms with Gasteiger partial charge in [-0.1, -0.05) is 0 Å². The van der Waals surface area contributed by atoms with Crippen LogP contribution in [0.2, 0.25) is 0 Å². The van der Waals surface area contributed by atoms with Crippen molar-refractivity contribution in [3.05, 3.63) is 29.9 Å². The lowest BCUT2D eigenvalue weighted by Gasteiger charge is -2.34. The van der Waals surface area contributed by atoms with Gasteiger partial charge in [-0.25, -0.2) is 4.98 Å². The largest absolute Gasteiger partial charge is 0.459 e. The van der Waals surface area contributed by atoms with Crippen molar-refractivity contribution in [2.24, 2.45) is 0 Å². The summed E-state index contributed by atoms with van der Waals surface area (Å²) in [6.07, 6.45) is 6.17. The fraction of sp³-hybridized carbons (Fsp3) is 0.579. The highest BCUT2D eigenvalue weighted by Crippen LogP contribution is 2.32. The molecule has 0 radical (unpaired) electrons. The number of oxazole rings is 1. The van der Waals surface area contributed by atoms with E-state index in [0.29, 0.717) is 23.7 Å². The number of aryl methyl sites for hydroxylation is 1. The van der Waals surface area contributed by atoms with Gasteiger partial charge < -0.3 is 13.7 Å². The van der Waals surface area contributed by atoms with E-state index in [9.17, 15) is 4.79 Å². The first kappa shape index (κ1) is 16.4. The molecule has 6 nitrogen and oxygen atoms in total. The molecule has 0 spiro atoms. The number of carbonyl (C=O) groups excluding carboxylic acids is 1. The van der Waals surface area contributed by atoms with Crippen LogP contribution >= 0.6 is 0 Å². The van der Waals surface area contributed by atoms with Crippen molar-refractivity contribution < 1.29 is 13.6 Å². The van der Waals surface area contributed by atoms with Gasteiger partial charge in [-0.3, -0.25) is 9.69 Å². The Morgan fingerprint density at radius 2 is 2.08 bits per heavy atom. The van der Waals surface area contributed by atoms with E-state index in [1.54, 1.807) is 13.2 Å². The zero-order chi connectivity index (χ0) is 17.4. The van der Waals surface area contributed by atoms with Gasteiger partial charge in [-0.15, -0.1) is 0 Å². The maximum atomic E-state index is 11.9. The lowest BCUT2D eigenvalue weighted by atomic mass is 10.0. The highest BCUT2D eigenvalue weighted by Gasteiger charge is 2.39. The summed E-state index contributed by atoms with van der Waals surface area (Å²) in [5.41, 5.74) is 0.964. The van der Waals surface area contributed by atoms with Crippen molar-refractivity contribution in [3.8, 4) is 11.7 Å². The SMILES string of the molecule is CC(=O)N1CCC[C@@H]1[C@H]1CCCN1Cc1nc(-c2ccco2)oc1C. The number of amides is 1. The molecular weight excluding hydrogens is 318 g/mol. The number of furan rings is 1. The van der Waals surface area contributed by atoms with E-state index < -0.39 is 0 Å². The zero-order valence-corrected chi connectivity index (χ0v) is 14.9. The maximum Gasteiger partial charge on any atom is 0.263 e. The minimum Gasteiger partial charge on any atom is -0.459 e. The van der Waals surface area contributed by atoms with Gasteiger partial charge in [0.15, 0.2) is 5.76 Å². The van der Waals surface area contributed by atoms with Crippen molar-refractivity contribution >= 4 is 5.91 Å². The normalized spacial score (nSPS) is 24.3. The Hall–Kier alpha value is -2.08. The summed E-state index contributed by atoms with van der Waals surface area (Å²) >= 11 is 0. The molecule has 2 fully saturated rings. The lowest BCUT2D eigenvalue weighted by Crippen LogP contribution is -2.47. The molecule has 0 bridgehead atoms. The molecule has 2 aliphatic heterocycles. The van der Waals surface area contributed by atoms with E-state index in [1.165, 1.54) is 6.42 Å². The summed E-state index contributed by atoms with van der Waals surface area (Å²) in [5, 5.41) is 0. The Morgan fingerprint density at radius 1 is 1.28 bits per heavy atom. The number of carbonyl (C=O) groups is 1. The number of hydrogen-bond donors (Lipinski definition) is 0. The molecule has 2 aliphatic rings. The molecule has 1 amide bonds. The molecule has 0 aliphatic carbocycles. The topological polar surface area (TPSA) is 62.7 Å². The smallest absolute Gasteiger partial charge is 0.263 e. The van der Waals surface area contributed by atoms with E-state index in [4.69, 9.17) is 8.83 Å². The first-order valence-electron chi connectivity index (χ1n) is 9.15. The molecule has 25 heavy (non-hydrogen) atoms. The summed E-state index contributed by atoms with van der Waals surface area (Å²) < 4.78 is 11.2. The number of nitrogens with zero attached hydrogens (tertiary/aromatic N) is 3. The predicted molar refractivity (Wildman–Crippen MR) is 92.8 cm³/mol. The van der Waals surface area contributed by atoms with Crippen molar-refractivity contribution in [2.75, 3.05) is 13.1 Å². The van der Waals surface area contributed by atoms with Crippen LogP contribution in [0.5, 0.6) is 0 Å². The molecule has 2 aromatic rings. The van der Waals surface area contributed by atoms with Crippen LogP contribution in [-0.2, 0) is 11.3 Å². The second kappa shape index (κ2) is 6.67. The summed E-state index contributed by atoms with van der Waals surface area (Å²) in [6, 6.07) is 4.46. The van der Waals surface area contributed by atoms with Gasteiger partial charge in [0.25, 0.3) is 5.89 Å². The molecule has 0 saturated carbocycles. The van der Waals surface area contributed by atoms with E-state index in [-0.39, 0.29) is 5.91 Å². The van der Waals surface area contributed by atoms with Crippen LogP contribution in [0.15, 0.2) is 27.2 Å². The van der Waals surface area contributed by atoms with Gasteiger partial charge in [0, 0.05) is 32.1 Å². The van der Waals surface area contributed by atoms with Crippen LogP contribution < -0.4 is 0 Å². The highest BCUT2D eigenvalue weighted by molar-refractivity contribution is 5.74. The number of hydrogen-bond acceptors (Lipinski definition) is 5. The summed E-state index contributed by atoms with van der Waals surface area (Å²) in [5.74, 6) is 2.24. The lowest BCUT2D eigenvalue weighted by molar-refractivity contribution is -0.130. The molecule has 0 aromatic carbocycles. The minimum absolute atomic E-state index is 0.201. The maximum absolute atomic E-state index is 11.9. The Balaban J connectivity index is 1.51. The fourth-order valence-electron chi connectivity index (χ4n) is 4.34. The van der Waals surface area contributed by atoms with Gasteiger partial charge >= 0.3 is 0 Å². The van der Waals surface area contributed by atoms with Gasteiger partial charge in [0.2, 0.25) is 5.91 Å². The number of rotatable bonds is 4. The van der Waals surface area contributed by atoms with E-state index in [1.807, 2.05) is 19.1 Å². The molecule has 0 N–H and O–H groups in total. The third-order valence-electron chi connectivity index (χ3n) is 5.54. The Bertz CT molecular complexity index is 737. The Kier molecular flexibility index (Phi) is 4.37. The Morgan fingerprint density at radius 3 is 2.84 bits per heavy atom. The molecule has 2 saturated heterocycles. The molecule has 2 atom stereocenters. The number of aromatic nitrogens is 1. The molecule has 2 aromatic heterocycles. The third-order valence-corrected chi connectivity index (χ3v) is 5.54. The van der Waals surface area contributed by atoms with Crippen LogP contribution in [0.4, 0.5) is 0 Å². The van der Waals surface area contributed by atoms with Crippen molar-refractivity contribution in [1.82, 2.24) is 14.8 Å². The standard InChI is InChI=1S/C19H25N3O3/c1-13-15(20-19(25-13)18-8-5-11-24-18)12-21-9-3-6-16(21)17-7-4-10-22(17)14(2)23/h5,8,11,16-17H,3-4,6-7,9-10,12H2,1-2H3/t16-,17-/m1/s1. The van der Waals surface area contributed by atoms with Gasteiger partial charge in [-0.2, -0.15) is 0 Å². The molecule has 0 unspecified atom stereocenters. The van der Waals surface area contributed by atoms with E-state index >= 15 is 0 Å². The first-order valence-corrected chi connectivity index (χ1v) is 9.15. The van der Waals surface area contributed by atoms with Crippen molar-refractivity contribution in [1.29, 1.82) is 0 Å². The van der Waals surface area contributed by atoms with Crippen LogP contribution in [0, 0.1) is 6.92 Å². The second-order valence-corrected chi connectivity index (χ2v) is 7.10. The highest BCUT2D eigenvalue weighted by atomic mass is 16.4. The molecule has 134 valence electrons. The predicted octanol–water partition coefficient (Wildman–Crippen LogP) is 3.22. The van der Waals surface area contributed by atoms with Gasteiger partial charge in [-0.05, 0) is 51.3 Å². The van der Waals surface area contributed by atoms with E-state index in [2.05, 4.69) is 14.8 Å². The average Bonchev–Trinajstić information content (AvgIpc) is 3.35.